The molecule has 1 N–H and O–H groups in total. The van der Waals surface area contributed by atoms with Crippen molar-refractivity contribution >= 4 is 21.0 Å². The Labute approximate surface area is 244 Å². The Morgan fingerprint density at radius 1 is 0.902 bits per heavy atom. The Morgan fingerprint density at radius 3 is 1.78 bits per heavy atom. The summed E-state index contributed by atoms with van der Waals surface area (Å²) >= 11 is 0. The first-order chi connectivity index (χ1) is 19.0. The maximum Gasteiger partial charge on any atom is 0.405 e. The van der Waals surface area contributed by atoms with E-state index in [1.165, 1.54) is 17.7 Å². The summed E-state index contributed by atoms with van der Waals surface area (Å²) in [7, 11) is -6.18. The predicted octanol–water partition coefficient (Wildman–Crippen LogP) is 7.18. The van der Waals surface area contributed by atoms with E-state index in [2.05, 4.69) is 52.0 Å². The van der Waals surface area contributed by atoms with Crippen LogP contribution in [0, 0.1) is 5.92 Å². The minimum absolute atomic E-state index is 0.00842. The second-order valence-corrected chi connectivity index (χ2v) is 15.1. The van der Waals surface area contributed by atoms with E-state index in [1.807, 2.05) is 31.2 Å². The van der Waals surface area contributed by atoms with Gasteiger partial charge in [-0.3, -0.25) is 4.55 Å². The zero-order chi connectivity index (χ0) is 30.2. The zero-order valence-corrected chi connectivity index (χ0v) is 25.7. The molecule has 222 valence electrons. The van der Waals surface area contributed by atoms with Crippen LogP contribution in [0.5, 0.6) is 5.75 Å². The fraction of sp³-hybridized carbons (Fsp3) is 0.419. The van der Waals surface area contributed by atoms with Crippen LogP contribution in [0.4, 0.5) is 8.78 Å². The molecule has 0 aromatic heterocycles. The van der Waals surface area contributed by atoms with Crippen LogP contribution >= 0.6 is 0 Å². The fourth-order valence-electron chi connectivity index (χ4n) is 4.39. The van der Waals surface area contributed by atoms with Crippen molar-refractivity contribution in [2.45, 2.75) is 78.8 Å². The molecule has 1 aliphatic rings. The minimum atomic E-state index is -5.62. The molecule has 4 rings (SSSR count). The maximum atomic E-state index is 14.0. The molecule has 3 aromatic carbocycles. The molecule has 1 fully saturated rings. The van der Waals surface area contributed by atoms with Crippen molar-refractivity contribution in [1.82, 2.24) is 0 Å². The highest BCUT2D eigenvalue weighted by atomic mass is 32.2. The van der Waals surface area contributed by atoms with Gasteiger partial charge in [0.05, 0.1) is 24.1 Å². The van der Waals surface area contributed by atoms with Gasteiger partial charge >= 0.3 is 15.4 Å². The second kappa shape index (κ2) is 11.6. The molecule has 41 heavy (non-hydrogen) atoms. The molecule has 0 bridgehead atoms. The summed E-state index contributed by atoms with van der Waals surface area (Å²) in [5.41, 5.74) is 2.11. The van der Waals surface area contributed by atoms with E-state index < -0.39 is 38.2 Å². The summed E-state index contributed by atoms with van der Waals surface area (Å²) in [5, 5.41) is -4.45. The molecule has 2 atom stereocenters. The molecule has 6 nitrogen and oxygen atoms in total. The van der Waals surface area contributed by atoms with E-state index in [4.69, 9.17) is 18.8 Å². The van der Waals surface area contributed by atoms with E-state index in [9.17, 15) is 17.2 Å². The van der Waals surface area contributed by atoms with Gasteiger partial charge in [-0.05, 0) is 85.5 Å². The highest BCUT2D eigenvalue weighted by Crippen LogP contribution is 2.37. The Hall–Kier alpha value is -2.50. The first kappa shape index (κ1) is 31.4. The van der Waals surface area contributed by atoms with Crippen molar-refractivity contribution in [3.8, 4) is 5.75 Å². The molecule has 0 radical (unpaired) electrons. The van der Waals surface area contributed by atoms with Gasteiger partial charge in [-0.25, -0.2) is 0 Å². The Balaban J connectivity index is 1.67. The van der Waals surface area contributed by atoms with Gasteiger partial charge in [0.25, 0.3) is 0 Å². The molecule has 0 spiro atoms. The lowest BCUT2D eigenvalue weighted by atomic mass is 9.87. The van der Waals surface area contributed by atoms with E-state index in [0.717, 1.165) is 27.2 Å². The summed E-state index contributed by atoms with van der Waals surface area (Å²) in [5.74, 6) is -0.434. The molecular weight excluding hydrogens is 570 g/mol. The van der Waals surface area contributed by atoms with Gasteiger partial charge in [0.2, 0.25) is 0 Å². The Morgan fingerprint density at radius 2 is 1.34 bits per heavy atom. The summed E-state index contributed by atoms with van der Waals surface area (Å²) in [6, 6.07) is 23.1. The van der Waals surface area contributed by atoms with Crippen LogP contribution < -0.4 is 4.74 Å². The molecule has 0 saturated carbocycles. The number of benzene rings is 3. The van der Waals surface area contributed by atoms with Crippen molar-refractivity contribution in [2.75, 3.05) is 13.2 Å². The third-order valence-electron chi connectivity index (χ3n) is 7.05. The largest absolute Gasteiger partial charge is 0.483 e. The smallest absolute Gasteiger partial charge is 0.405 e. The number of hydrogen-bond donors (Lipinski definition) is 1. The Bertz CT molecular complexity index is 1430. The third-order valence-corrected chi connectivity index (χ3v) is 10.3. The summed E-state index contributed by atoms with van der Waals surface area (Å²) < 4.78 is 76.4. The van der Waals surface area contributed by atoms with E-state index in [0.29, 0.717) is 19.1 Å². The molecule has 3 aromatic rings. The summed E-state index contributed by atoms with van der Waals surface area (Å²) in [6.45, 7) is 12.6. The van der Waals surface area contributed by atoms with Crippen LogP contribution in [0.3, 0.4) is 0 Å². The van der Waals surface area contributed by atoms with Crippen LogP contribution in [0.2, 0.25) is 0 Å². The van der Waals surface area contributed by atoms with Crippen LogP contribution in [-0.2, 0) is 41.7 Å². The number of hydrogen-bond acceptors (Lipinski definition) is 5. The summed E-state index contributed by atoms with van der Waals surface area (Å²) in [4.78, 5) is 3.01. The average Bonchev–Trinajstić information content (AvgIpc) is 2.91. The topological polar surface area (TPSA) is 82.1 Å². The van der Waals surface area contributed by atoms with Crippen LogP contribution in [-0.4, -0.2) is 37.5 Å². The molecule has 0 aliphatic carbocycles. The van der Waals surface area contributed by atoms with Gasteiger partial charge in [-0.15, -0.1) is 0 Å². The molecule has 1 heterocycles. The molecule has 1 saturated heterocycles. The molecule has 1 aliphatic heterocycles. The SMILES string of the molecule is CC1COC(C)(c2ccc([S+](c3ccc(OC(C)C(F)(F)S(=O)(=O)O)cc3)c3ccc(C(C)(C)C)cc3)cc2)OC1. The molecule has 10 heteroatoms. The fourth-order valence-corrected chi connectivity index (χ4v) is 6.90. The number of ether oxygens (including phenoxy) is 3. The number of alkyl halides is 2. The van der Waals surface area contributed by atoms with Gasteiger partial charge in [-0.1, -0.05) is 39.8 Å². The molecular formula is C31H37F2O6S2+. The lowest BCUT2D eigenvalue weighted by Crippen LogP contribution is -2.42. The van der Waals surface area contributed by atoms with Crippen molar-refractivity contribution in [1.29, 1.82) is 0 Å². The second-order valence-electron chi connectivity index (χ2n) is 11.5. The van der Waals surface area contributed by atoms with Crippen LogP contribution in [0.15, 0.2) is 87.5 Å². The quantitative estimate of drug-likeness (QED) is 0.216. The normalized spacial score (nSPS) is 21.7. The highest BCUT2D eigenvalue weighted by molar-refractivity contribution is 7.97. The predicted molar refractivity (Wildman–Crippen MR) is 155 cm³/mol. The lowest BCUT2D eigenvalue weighted by Gasteiger charge is -2.36. The van der Waals surface area contributed by atoms with Crippen molar-refractivity contribution < 1.29 is 36.0 Å². The van der Waals surface area contributed by atoms with E-state index in [1.54, 1.807) is 12.1 Å². The molecule has 0 amide bonds. The van der Waals surface area contributed by atoms with Gasteiger partial charge < -0.3 is 14.2 Å². The monoisotopic (exact) mass is 607 g/mol. The van der Waals surface area contributed by atoms with E-state index in [-0.39, 0.29) is 11.2 Å². The van der Waals surface area contributed by atoms with Crippen LogP contribution in [0.1, 0.15) is 52.7 Å². The van der Waals surface area contributed by atoms with Gasteiger partial charge in [0.15, 0.2) is 26.6 Å². The van der Waals surface area contributed by atoms with Crippen molar-refractivity contribution in [2.24, 2.45) is 5.92 Å². The van der Waals surface area contributed by atoms with Gasteiger partial charge in [-0.2, -0.15) is 17.2 Å². The first-order valence-electron chi connectivity index (χ1n) is 13.4. The lowest BCUT2D eigenvalue weighted by molar-refractivity contribution is -0.279. The average molecular weight is 608 g/mol. The standard InChI is InChI=1S/C31H36F2O6S2/c1-21-19-37-30(6,38-20-21)24-9-15-27(16-10-24)40(26-13-7-23(8-14-26)29(3,4)5)28-17-11-25(12-18-28)39-22(2)31(32,33)41(34,35)36/h7-18,21-22H,19-20H2,1-6H3/p+1. The van der Waals surface area contributed by atoms with Crippen molar-refractivity contribution in [3.05, 3.63) is 83.9 Å². The van der Waals surface area contributed by atoms with Crippen molar-refractivity contribution in [3.63, 3.8) is 0 Å². The van der Waals surface area contributed by atoms with Gasteiger partial charge in [0, 0.05) is 11.5 Å². The van der Waals surface area contributed by atoms with Gasteiger partial charge in [0.1, 0.15) is 5.75 Å². The van der Waals surface area contributed by atoms with Crippen LogP contribution in [0.25, 0.3) is 0 Å². The Kier molecular flexibility index (Phi) is 8.93. The van der Waals surface area contributed by atoms with E-state index >= 15 is 0 Å². The summed E-state index contributed by atoms with van der Waals surface area (Å²) in [6.07, 6.45) is -2.09. The number of rotatable bonds is 8. The first-order valence-corrected chi connectivity index (χ1v) is 16.0. The highest BCUT2D eigenvalue weighted by Gasteiger charge is 2.51. The zero-order valence-electron chi connectivity index (χ0n) is 24.1. The number of halogens is 2. The molecule has 2 unspecified atom stereocenters. The minimum Gasteiger partial charge on any atom is -0.483 e. The maximum absolute atomic E-state index is 14.0. The third kappa shape index (κ3) is 6.94.